The second-order valence-electron chi connectivity index (χ2n) is 5.48. The molecule has 1 aliphatic heterocycles. The Morgan fingerprint density at radius 2 is 2.35 bits per heavy atom. The van der Waals surface area contributed by atoms with Crippen molar-refractivity contribution >= 4 is 11.7 Å². The molecule has 110 valence electrons. The zero-order valence-electron chi connectivity index (χ0n) is 12.6. The first kappa shape index (κ1) is 14.8. The Morgan fingerprint density at radius 1 is 1.55 bits per heavy atom. The average Bonchev–Trinajstić information content (AvgIpc) is 2.94. The largest absolute Gasteiger partial charge is 0.369 e. The molecule has 20 heavy (non-hydrogen) atoms. The van der Waals surface area contributed by atoms with Gasteiger partial charge in [0, 0.05) is 31.9 Å². The number of hydrogen-bond acceptors (Lipinski definition) is 4. The van der Waals surface area contributed by atoms with E-state index in [0.717, 1.165) is 32.5 Å². The molecular formula is C15H24N4O. The fourth-order valence-corrected chi connectivity index (χ4v) is 2.48. The standard InChI is InChI=1S/C15H24N4O/c1-4-8-16-14-13(6-5-9-17-14)15(20)19-10-7-12(11-19)18(2)3/h5-6,9,12H,4,7-8,10-11H2,1-3H3,(H,16,17). The first-order valence-corrected chi connectivity index (χ1v) is 7.28. The Balaban J connectivity index is 2.09. The molecule has 0 saturated carbocycles. The van der Waals surface area contributed by atoms with Crippen LogP contribution in [0.5, 0.6) is 0 Å². The molecule has 1 fully saturated rings. The van der Waals surface area contributed by atoms with Gasteiger partial charge in [-0.3, -0.25) is 4.79 Å². The van der Waals surface area contributed by atoms with Gasteiger partial charge in [0.05, 0.1) is 5.56 Å². The van der Waals surface area contributed by atoms with E-state index in [2.05, 4.69) is 36.2 Å². The van der Waals surface area contributed by atoms with E-state index in [-0.39, 0.29) is 5.91 Å². The highest BCUT2D eigenvalue weighted by molar-refractivity contribution is 5.98. The zero-order chi connectivity index (χ0) is 14.5. The number of amides is 1. The molecule has 0 spiro atoms. The van der Waals surface area contributed by atoms with Crippen molar-refractivity contribution < 1.29 is 4.79 Å². The molecule has 5 heteroatoms. The Bertz CT molecular complexity index is 461. The molecule has 2 rings (SSSR count). The van der Waals surface area contributed by atoms with Gasteiger partial charge in [0.1, 0.15) is 5.82 Å². The number of likely N-dealkylation sites (tertiary alicyclic amines) is 1. The molecule has 2 heterocycles. The molecule has 0 radical (unpaired) electrons. The second-order valence-corrected chi connectivity index (χ2v) is 5.48. The lowest BCUT2D eigenvalue weighted by Gasteiger charge is -2.21. The Labute approximate surface area is 121 Å². The van der Waals surface area contributed by atoms with Crippen molar-refractivity contribution in [2.24, 2.45) is 0 Å². The maximum absolute atomic E-state index is 12.6. The van der Waals surface area contributed by atoms with E-state index in [0.29, 0.717) is 17.4 Å². The number of nitrogens with zero attached hydrogens (tertiary/aromatic N) is 3. The van der Waals surface area contributed by atoms with Crippen molar-refractivity contribution in [2.45, 2.75) is 25.8 Å². The van der Waals surface area contributed by atoms with Gasteiger partial charge in [-0.1, -0.05) is 6.92 Å². The molecule has 0 aliphatic carbocycles. The van der Waals surface area contributed by atoms with Crippen molar-refractivity contribution in [1.82, 2.24) is 14.8 Å². The Morgan fingerprint density at radius 3 is 3.00 bits per heavy atom. The van der Waals surface area contributed by atoms with Crippen molar-refractivity contribution in [3.63, 3.8) is 0 Å². The van der Waals surface area contributed by atoms with E-state index in [1.165, 1.54) is 0 Å². The third kappa shape index (κ3) is 3.28. The molecule has 1 aliphatic rings. The fraction of sp³-hybridized carbons (Fsp3) is 0.600. The fourth-order valence-electron chi connectivity index (χ4n) is 2.48. The third-order valence-electron chi connectivity index (χ3n) is 3.76. The van der Waals surface area contributed by atoms with E-state index in [1.807, 2.05) is 17.0 Å². The van der Waals surface area contributed by atoms with Gasteiger partial charge in [-0.05, 0) is 39.1 Å². The van der Waals surface area contributed by atoms with Crippen molar-refractivity contribution in [3.05, 3.63) is 23.9 Å². The topological polar surface area (TPSA) is 48.5 Å². The van der Waals surface area contributed by atoms with Crippen LogP contribution in [0.25, 0.3) is 0 Å². The van der Waals surface area contributed by atoms with Crippen LogP contribution >= 0.6 is 0 Å². The summed E-state index contributed by atoms with van der Waals surface area (Å²) in [5.41, 5.74) is 0.681. The number of carbonyl (C=O) groups excluding carboxylic acids is 1. The first-order valence-electron chi connectivity index (χ1n) is 7.28. The minimum absolute atomic E-state index is 0.0843. The first-order chi connectivity index (χ1) is 9.63. The normalized spacial score (nSPS) is 18.6. The number of pyridine rings is 1. The number of rotatable bonds is 5. The summed E-state index contributed by atoms with van der Waals surface area (Å²) in [5.74, 6) is 0.786. The van der Waals surface area contributed by atoms with Crippen LogP contribution in [-0.4, -0.2) is 60.5 Å². The van der Waals surface area contributed by atoms with Gasteiger partial charge in [-0.25, -0.2) is 4.98 Å². The van der Waals surface area contributed by atoms with Crippen molar-refractivity contribution in [1.29, 1.82) is 0 Å². The lowest BCUT2D eigenvalue weighted by molar-refractivity contribution is 0.0783. The summed E-state index contributed by atoms with van der Waals surface area (Å²) in [6, 6.07) is 4.14. The number of likely N-dealkylation sites (N-methyl/N-ethyl adjacent to an activating group) is 1. The highest BCUT2D eigenvalue weighted by Crippen LogP contribution is 2.19. The summed E-state index contributed by atoms with van der Waals surface area (Å²) in [6.45, 7) is 4.55. The van der Waals surface area contributed by atoms with E-state index in [4.69, 9.17) is 0 Å². The SMILES string of the molecule is CCCNc1ncccc1C(=O)N1CCC(N(C)C)C1. The molecule has 0 bridgehead atoms. The Kier molecular flexibility index (Phi) is 4.95. The molecule has 1 aromatic rings. The molecule has 1 atom stereocenters. The summed E-state index contributed by atoms with van der Waals surface area (Å²) in [5, 5.41) is 3.23. The highest BCUT2D eigenvalue weighted by atomic mass is 16.2. The van der Waals surface area contributed by atoms with E-state index < -0.39 is 0 Å². The van der Waals surface area contributed by atoms with E-state index in [1.54, 1.807) is 6.20 Å². The van der Waals surface area contributed by atoms with Gasteiger partial charge in [0.15, 0.2) is 0 Å². The van der Waals surface area contributed by atoms with Crippen LogP contribution in [0.3, 0.4) is 0 Å². The predicted molar refractivity (Wildman–Crippen MR) is 81.0 cm³/mol. The van der Waals surface area contributed by atoms with Gasteiger partial charge >= 0.3 is 0 Å². The quantitative estimate of drug-likeness (QED) is 0.889. The number of anilines is 1. The number of aromatic nitrogens is 1. The zero-order valence-corrected chi connectivity index (χ0v) is 12.6. The maximum Gasteiger partial charge on any atom is 0.257 e. The van der Waals surface area contributed by atoms with Gasteiger partial charge in [0.25, 0.3) is 5.91 Å². The number of hydrogen-bond donors (Lipinski definition) is 1. The average molecular weight is 276 g/mol. The predicted octanol–water partition coefficient (Wildman–Crippen LogP) is 1.68. The van der Waals surface area contributed by atoms with E-state index >= 15 is 0 Å². The maximum atomic E-state index is 12.6. The van der Waals surface area contributed by atoms with Crippen LogP contribution in [0, 0.1) is 0 Å². The summed E-state index contributed by atoms with van der Waals surface area (Å²) in [6.07, 6.45) is 3.77. The third-order valence-corrected chi connectivity index (χ3v) is 3.76. The summed E-state index contributed by atoms with van der Waals surface area (Å²) < 4.78 is 0. The summed E-state index contributed by atoms with van der Waals surface area (Å²) in [7, 11) is 4.13. The minimum Gasteiger partial charge on any atom is -0.369 e. The van der Waals surface area contributed by atoms with Crippen LogP contribution in [0.1, 0.15) is 30.1 Å². The molecule has 1 saturated heterocycles. The van der Waals surface area contributed by atoms with Crippen LogP contribution in [0.4, 0.5) is 5.82 Å². The van der Waals surface area contributed by atoms with Crippen LogP contribution in [-0.2, 0) is 0 Å². The lowest BCUT2D eigenvalue weighted by atomic mass is 10.2. The minimum atomic E-state index is 0.0843. The molecule has 1 amide bonds. The van der Waals surface area contributed by atoms with Gasteiger partial charge < -0.3 is 15.1 Å². The van der Waals surface area contributed by atoms with E-state index in [9.17, 15) is 4.79 Å². The number of carbonyl (C=O) groups is 1. The van der Waals surface area contributed by atoms with Crippen LogP contribution < -0.4 is 5.32 Å². The molecule has 1 unspecified atom stereocenters. The summed E-state index contributed by atoms with van der Waals surface area (Å²) >= 11 is 0. The summed E-state index contributed by atoms with van der Waals surface area (Å²) in [4.78, 5) is 21.0. The van der Waals surface area contributed by atoms with Crippen molar-refractivity contribution in [3.8, 4) is 0 Å². The molecular weight excluding hydrogens is 252 g/mol. The van der Waals surface area contributed by atoms with Crippen LogP contribution in [0.2, 0.25) is 0 Å². The Hall–Kier alpha value is -1.62. The van der Waals surface area contributed by atoms with Gasteiger partial charge in [-0.15, -0.1) is 0 Å². The highest BCUT2D eigenvalue weighted by Gasteiger charge is 2.29. The molecule has 5 nitrogen and oxygen atoms in total. The van der Waals surface area contributed by atoms with Crippen molar-refractivity contribution in [2.75, 3.05) is 39.0 Å². The smallest absolute Gasteiger partial charge is 0.257 e. The molecule has 0 aromatic carbocycles. The van der Waals surface area contributed by atoms with Gasteiger partial charge in [-0.2, -0.15) is 0 Å². The molecule has 1 aromatic heterocycles. The monoisotopic (exact) mass is 276 g/mol. The van der Waals surface area contributed by atoms with Crippen LogP contribution in [0.15, 0.2) is 18.3 Å². The van der Waals surface area contributed by atoms with Gasteiger partial charge in [0.2, 0.25) is 0 Å². The second kappa shape index (κ2) is 6.70. The molecule has 1 N–H and O–H groups in total. The number of nitrogens with one attached hydrogen (secondary N) is 1. The lowest BCUT2D eigenvalue weighted by Crippen LogP contribution is -2.34.